The van der Waals surface area contributed by atoms with Crippen LogP contribution in [-0.2, 0) is 11.3 Å². The van der Waals surface area contributed by atoms with E-state index in [0.717, 1.165) is 56.0 Å². The lowest BCUT2D eigenvalue weighted by molar-refractivity contribution is -0.122. The van der Waals surface area contributed by atoms with Crippen molar-refractivity contribution < 1.29 is 4.79 Å². The molecular formula is C23H33IN6O. The number of benzene rings is 1. The van der Waals surface area contributed by atoms with Crippen LogP contribution in [0.4, 0.5) is 5.69 Å². The summed E-state index contributed by atoms with van der Waals surface area (Å²) in [5.41, 5.74) is 1.99. The van der Waals surface area contributed by atoms with E-state index in [1.54, 1.807) is 0 Å². The Balaban J connectivity index is 0.00000272. The van der Waals surface area contributed by atoms with E-state index in [9.17, 15) is 4.79 Å². The second-order valence-corrected chi connectivity index (χ2v) is 8.51. The third-order valence-corrected chi connectivity index (χ3v) is 6.46. The smallest absolute Gasteiger partial charge is 0.227 e. The number of carbonyl (C=O) groups excluding carboxylic acids is 1. The maximum absolute atomic E-state index is 12.2. The second kappa shape index (κ2) is 11.0. The average Bonchev–Trinajstić information content (AvgIpc) is 3.23. The number of likely N-dealkylation sites (tertiary alicyclic amines) is 1. The van der Waals surface area contributed by atoms with Crippen LogP contribution in [0.3, 0.4) is 0 Å². The third kappa shape index (κ3) is 5.78. The lowest BCUT2D eigenvalue weighted by Gasteiger charge is -2.39. The van der Waals surface area contributed by atoms with E-state index < -0.39 is 0 Å². The van der Waals surface area contributed by atoms with Crippen LogP contribution in [0.15, 0.2) is 48.0 Å². The summed E-state index contributed by atoms with van der Waals surface area (Å²) in [4.78, 5) is 23.3. The monoisotopic (exact) mass is 536 g/mol. The van der Waals surface area contributed by atoms with E-state index in [1.165, 1.54) is 0 Å². The van der Waals surface area contributed by atoms with E-state index in [1.807, 2.05) is 44.0 Å². The van der Waals surface area contributed by atoms with Gasteiger partial charge in [0.2, 0.25) is 5.91 Å². The molecule has 4 rings (SSSR count). The maximum Gasteiger partial charge on any atom is 0.227 e. The summed E-state index contributed by atoms with van der Waals surface area (Å²) < 4.78 is 2.21. The Morgan fingerprint density at radius 1 is 1.29 bits per heavy atom. The molecule has 1 aromatic heterocycles. The Hall–Kier alpha value is -2.10. The molecule has 31 heavy (non-hydrogen) atoms. The van der Waals surface area contributed by atoms with Crippen LogP contribution >= 0.6 is 24.0 Å². The molecule has 2 heterocycles. The molecule has 0 bridgehead atoms. The zero-order valence-corrected chi connectivity index (χ0v) is 20.7. The van der Waals surface area contributed by atoms with Crippen molar-refractivity contribution in [2.24, 2.45) is 16.8 Å². The third-order valence-electron chi connectivity index (χ3n) is 6.46. The van der Waals surface area contributed by atoms with Crippen molar-refractivity contribution >= 4 is 41.5 Å². The molecule has 168 valence electrons. The molecule has 8 heteroatoms. The van der Waals surface area contributed by atoms with Crippen molar-refractivity contribution in [2.75, 3.05) is 25.5 Å². The van der Waals surface area contributed by atoms with Crippen LogP contribution in [0.25, 0.3) is 0 Å². The number of aromatic nitrogens is 2. The van der Waals surface area contributed by atoms with E-state index in [4.69, 9.17) is 0 Å². The highest BCUT2D eigenvalue weighted by atomic mass is 127. The number of halogens is 1. The van der Waals surface area contributed by atoms with Gasteiger partial charge in [-0.3, -0.25) is 9.79 Å². The highest BCUT2D eigenvalue weighted by Gasteiger charge is 2.29. The Kier molecular flexibility index (Phi) is 8.34. The Labute approximate surface area is 201 Å². The number of anilines is 1. The van der Waals surface area contributed by atoms with Gasteiger partial charge in [-0.25, -0.2) is 4.98 Å². The van der Waals surface area contributed by atoms with Gasteiger partial charge in [0, 0.05) is 50.7 Å². The molecule has 1 aliphatic carbocycles. The zero-order valence-electron chi connectivity index (χ0n) is 18.3. The SMILES string of the molecule is CN=C(NCc1cccc(NC(=O)C2CCC2)c1)N1CCC(C)C(n2ccnc2)C1.I. The van der Waals surface area contributed by atoms with E-state index >= 15 is 0 Å². The molecule has 1 amide bonds. The fourth-order valence-electron chi connectivity index (χ4n) is 4.28. The normalized spacial score (nSPS) is 21.7. The highest BCUT2D eigenvalue weighted by molar-refractivity contribution is 14.0. The molecule has 1 aliphatic heterocycles. The predicted molar refractivity (Wildman–Crippen MR) is 135 cm³/mol. The number of hydrogen-bond acceptors (Lipinski definition) is 3. The molecule has 1 saturated heterocycles. The van der Waals surface area contributed by atoms with Gasteiger partial charge < -0.3 is 20.1 Å². The molecule has 7 nitrogen and oxygen atoms in total. The van der Waals surface area contributed by atoms with Crippen LogP contribution in [0, 0.1) is 11.8 Å². The quantitative estimate of drug-likeness (QED) is 0.346. The van der Waals surface area contributed by atoms with Crippen molar-refractivity contribution in [3.8, 4) is 0 Å². The summed E-state index contributed by atoms with van der Waals surface area (Å²) in [7, 11) is 1.84. The first-order valence-electron chi connectivity index (χ1n) is 11.0. The van der Waals surface area contributed by atoms with Gasteiger partial charge in [0.1, 0.15) is 0 Å². The molecule has 0 radical (unpaired) electrons. The Bertz CT molecular complexity index is 880. The number of carbonyl (C=O) groups is 1. The summed E-state index contributed by atoms with van der Waals surface area (Å²) in [5, 5.41) is 6.56. The molecule has 2 fully saturated rings. The molecule has 0 spiro atoms. The van der Waals surface area contributed by atoms with Gasteiger partial charge in [-0.15, -0.1) is 24.0 Å². The number of aliphatic imine (C=N–C) groups is 1. The van der Waals surface area contributed by atoms with E-state index in [0.29, 0.717) is 18.5 Å². The van der Waals surface area contributed by atoms with Crippen molar-refractivity contribution in [2.45, 2.75) is 45.2 Å². The molecule has 2 unspecified atom stereocenters. The van der Waals surface area contributed by atoms with Gasteiger partial charge in [0.25, 0.3) is 0 Å². The van der Waals surface area contributed by atoms with Gasteiger partial charge >= 0.3 is 0 Å². The number of hydrogen-bond donors (Lipinski definition) is 2. The highest BCUT2D eigenvalue weighted by Crippen LogP contribution is 2.28. The first-order chi connectivity index (χ1) is 14.6. The maximum atomic E-state index is 12.2. The largest absolute Gasteiger partial charge is 0.352 e. The summed E-state index contributed by atoms with van der Waals surface area (Å²) in [6.07, 6.45) is 10.1. The fraction of sp³-hybridized carbons (Fsp3) is 0.522. The first kappa shape index (κ1) is 23.6. The standard InChI is InChI=1S/C23H32N6O.HI/c1-17-9-11-28(15-21(17)29-12-10-25-16-29)23(24-2)26-14-18-5-3-8-20(13-18)27-22(30)19-6-4-7-19;/h3,5,8,10,12-13,16-17,19,21H,4,6-7,9,11,14-15H2,1-2H3,(H,24,26)(H,27,30);1H. The second-order valence-electron chi connectivity index (χ2n) is 8.51. The number of nitrogens with zero attached hydrogens (tertiary/aromatic N) is 4. The van der Waals surface area contributed by atoms with Gasteiger partial charge in [-0.2, -0.15) is 0 Å². The van der Waals surface area contributed by atoms with Gasteiger partial charge in [-0.05, 0) is 42.9 Å². The summed E-state index contributed by atoms with van der Waals surface area (Å²) >= 11 is 0. The van der Waals surface area contributed by atoms with Gasteiger partial charge in [0.15, 0.2) is 5.96 Å². The molecule has 2 aromatic rings. The minimum Gasteiger partial charge on any atom is -0.352 e. The molecule has 1 aromatic carbocycles. The molecule has 1 saturated carbocycles. The first-order valence-corrected chi connectivity index (χ1v) is 11.0. The number of amides is 1. The van der Waals surface area contributed by atoms with Crippen molar-refractivity contribution in [3.05, 3.63) is 48.5 Å². The van der Waals surface area contributed by atoms with Crippen molar-refractivity contribution in [3.63, 3.8) is 0 Å². The van der Waals surface area contributed by atoms with Gasteiger partial charge in [-0.1, -0.05) is 25.5 Å². The van der Waals surface area contributed by atoms with Crippen LogP contribution in [-0.4, -0.2) is 46.5 Å². The number of nitrogens with one attached hydrogen (secondary N) is 2. The number of guanidine groups is 1. The minimum atomic E-state index is 0. The Morgan fingerprint density at radius 3 is 2.81 bits per heavy atom. The van der Waals surface area contributed by atoms with Crippen LogP contribution < -0.4 is 10.6 Å². The van der Waals surface area contributed by atoms with Crippen LogP contribution in [0.1, 0.15) is 44.2 Å². The van der Waals surface area contributed by atoms with Gasteiger partial charge in [0.05, 0.1) is 12.4 Å². The van der Waals surface area contributed by atoms with E-state index in [2.05, 4.69) is 43.1 Å². The number of piperidine rings is 1. The lowest BCUT2D eigenvalue weighted by Crippen LogP contribution is -2.48. The summed E-state index contributed by atoms with van der Waals surface area (Å²) in [6.45, 7) is 4.88. The van der Waals surface area contributed by atoms with Crippen molar-refractivity contribution in [1.29, 1.82) is 0 Å². The summed E-state index contributed by atoms with van der Waals surface area (Å²) in [6, 6.07) is 8.46. The fourth-order valence-corrected chi connectivity index (χ4v) is 4.28. The zero-order chi connectivity index (χ0) is 20.9. The number of rotatable bonds is 5. The lowest BCUT2D eigenvalue weighted by atomic mass is 9.85. The van der Waals surface area contributed by atoms with Crippen LogP contribution in [0.2, 0.25) is 0 Å². The molecule has 2 N–H and O–H groups in total. The topological polar surface area (TPSA) is 74.6 Å². The Morgan fingerprint density at radius 2 is 2.13 bits per heavy atom. The predicted octanol–water partition coefficient (Wildman–Crippen LogP) is 3.90. The number of imidazole rings is 1. The van der Waals surface area contributed by atoms with Crippen LogP contribution in [0.5, 0.6) is 0 Å². The minimum absolute atomic E-state index is 0. The van der Waals surface area contributed by atoms with E-state index in [-0.39, 0.29) is 35.8 Å². The molecule has 2 atom stereocenters. The van der Waals surface area contributed by atoms with Crippen molar-refractivity contribution in [1.82, 2.24) is 19.8 Å². The average molecular weight is 536 g/mol. The molecular weight excluding hydrogens is 503 g/mol. The summed E-state index contributed by atoms with van der Waals surface area (Å²) in [5.74, 6) is 1.85. The molecule has 2 aliphatic rings.